The number of nitrogens with zero attached hydrogens (tertiary/aromatic N) is 5. The molecule has 0 amide bonds. The van der Waals surface area contributed by atoms with Crippen LogP contribution in [-0.4, -0.2) is 25.8 Å². The van der Waals surface area contributed by atoms with Crippen LogP contribution in [0.5, 0.6) is 0 Å². The van der Waals surface area contributed by atoms with Gasteiger partial charge in [-0.05, 0) is 24.3 Å². The SMILES string of the molecule is Nc1c(/C=C2\C=Nc3ccccc32)c(=O)nc2sc(-c3cccnc3)nn12. The van der Waals surface area contributed by atoms with Gasteiger partial charge >= 0.3 is 0 Å². The maximum Gasteiger partial charge on any atom is 0.283 e. The first-order chi connectivity index (χ1) is 13.2. The highest BCUT2D eigenvalue weighted by Gasteiger charge is 2.17. The van der Waals surface area contributed by atoms with Crippen molar-refractivity contribution in [3.8, 4) is 10.6 Å². The van der Waals surface area contributed by atoms with E-state index in [-0.39, 0.29) is 11.4 Å². The van der Waals surface area contributed by atoms with Gasteiger partial charge in [0.15, 0.2) is 0 Å². The molecule has 0 spiro atoms. The molecule has 5 rings (SSSR count). The lowest BCUT2D eigenvalue weighted by molar-refractivity contribution is 0.944. The van der Waals surface area contributed by atoms with E-state index in [1.165, 1.54) is 15.9 Å². The zero-order chi connectivity index (χ0) is 18.4. The Morgan fingerprint density at radius 1 is 1.15 bits per heavy atom. The molecule has 130 valence electrons. The summed E-state index contributed by atoms with van der Waals surface area (Å²) in [5.41, 5.74) is 9.66. The fourth-order valence-corrected chi connectivity index (χ4v) is 3.82. The maximum atomic E-state index is 12.6. The Hall–Kier alpha value is -3.65. The molecule has 2 N–H and O–H groups in total. The van der Waals surface area contributed by atoms with Crippen LogP contribution in [0.2, 0.25) is 0 Å². The van der Waals surface area contributed by atoms with Crippen LogP contribution in [0, 0.1) is 0 Å². The van der Waals surface area contributed by atoms with Gasteiger partial charge in [-0.15, -0.1) is 0 Å². The second kappa shape index (κ2) is 5.96. The van der Waals surface area contributed by atoms with E-state index in [0.717, 1.165) is 22.4 Å². The monoisotopic (exact) mass is 372 g/mol. The molecule has 0 unspecified atom stereocenters. The average molecular weight is 372 g/mol. The number of aliphatic imine (C=N–C) groups is 1. The lowest BCUT2D eigenvalue weighted by atomic mass is 10.1. The third-order valence-corrected chi connectivity index (χ3v) is 5.22. The first kappa shape index (κ1) is 15.6. The Labute approximate surface area is 157 Å². The highest BCUT2D eigenvalue weighted by atomic mass is 32.1. The van der Waals surface area contributed by atoms with Crippen LogP contribution in [0.1, 0.15) is 11.1 Å². The van der Waals surface area contributed by atoms with Crippen molar-refractivity contribution in [1.82, 2.24) is 19.6 Å². The fourth-order valence-electron chi connectivity index (χ4n) is 2.93. The number of nitrogen functional groups attached to an aromatic ring is 1. The van der Waals surface area contributed by atoms with Crippen LogP contribution in [0.4, 0.5) is 11.5 Å². The van der Waals surface area contributed by atoms with Crippen molar-refractivity contribution in [2.75, 3.05) is 5.73 Å². The zero-order valence-corrected chi connectivity index (χ0v) is 14.7. The number of rotatable bonds is 2. The maximum absolute atomic E-state index is 12.6. The molecule has 1 aliphatic heterocycles. The molecule has 27 heavy (non-hydrogen) atoms. The summed E-state index contributed by atoms with van der Waals surface area (Å²) in [6, 6.07) is 11.5. The highest BCUT2D eigenvalue weighted by molar-refractivity contribution is 7.19. The molecular formula is C19H12N6OS. The largest absolute Gasteiger partial charge is 0.383 e. The van der Waals surface area contributed by atoms with Crippen molar-refractivity contribution < 1.29 is 0 Å². The minimum absolute atomic E-state index is 0.252. The predicted molar refractivity (Wildman–Crippen MR) is 107 cm³/mol. The Balaban J connectivity index is 1.67. The molecule has 0 aliphatic carbocycles. The molecule has 1 aliphatic rings. The van der Waals surface area contributed by atoms with E-state index in [2.05, 4.69) is 20.1 Å². The average Bonchev–Trinajstić information content (AvgIpc) is 3.30. The van der Waals surface area contributed by atoms with Crippen molar-refractivity contribution in [3.05, 3.63) is 70.3 Å². The third-order valence-electron chi connectivity index (χ3n) is 4.26. The van der Waals surface area contributed by atoms with Gasteiger partial charge in [0.2, 0.25) is 4.96 Å². The lowest BCUT2D eigenvalue weighted by Crippen LogP contribution is -2.16. The minimum Gasteiger partial charge on any atom is -0.383 e. The van der Waals surface area contributed by atoms with Gasteiger partial charge in [0.25, 0.3) is 5.56 Å². The summed E-state index contributed by atoms with van der Waals surface area (Å²) in [5, 5.41) is 5.20. The van der Waals surface area contributed by atoms with Crippen LogP contribution < -0.4 is 11.3 Å². The topological polar surface area (TPSA) is 98.5 Å². The molecular weight excluding hydrogens is 360 g/mol. The first-order valence-corrected chi connectivity index (χ1v) is 8.97. The molecule has 0 radical (unpaired) electrons. The zero-order valence-electron chi connectivity index (χ0n) is 13.9. The van der Waals surface area contributed by atoms with Gasteiger partial charge in [-0.3, -0.25) is 14.8 Å². The van der Waals surface area contributed by atoms with E-state index in [4.69, 9.17) is 5.73 Å². The van der Waals surface area contributed by atoms with Crippen LogP contribution in [-0.2, 0) is 0 Å². The van der Waals surface area contributed by atoms with Crippen LogP contribution in [0.3, 0.4) is 0 Å². The van der Waals surface area contributed by atoms with E-state index < -0.39 is 0 Å². The molecule has 4 aromatic rings. The van der Waals surface area contributed by atoms with E-state index in [1.54, 1.807) is 24.7 Å². The summed E-state index contributed by atoms with van der Waals surface area (Å²) in [4.78, 5) is 25.6. The Morgan fingerprint density at radius 2 is 2.04 bits per heavy atom. The molecule has 0 saturated carbocycles. The second-order valence-electron chi connectivity index (χ2n) is 5.93. The molecule has 7 nitrogen and oxygen atoms in total. The number of hydrogen-bond acceptors (Lipinski definition) is 7. The summed E-state index contributed by atoms with van der Waals surface area (Å²) >= 11 is 1.29. The summed E-state index contributed by atoms with van der Waals surface area (Å²) < 4.78 is 1.50. The molecule has 0 saturated heterocycles. The van der Waals surface area contributed by atoms with Gasteiger partial charge in [-0.1, -0.05) is 29.5 Å². The van der Waals surface area contributed by atoms with Gasteiger partial charge in [0, 0.05) is 35.3 Å². The normalized spacial score (nSPS) is 14.1. The number of hydrogen-bond donors (Lipinski definition) is 1. The Kier molecular flexibility index (Phi) is 3.44. The smallest absolute Gasteiger partial charge is 0.283 e. The van der Waals surface area contributed by atoms with Crippen molar-refractivity contribution in [2.45, 2.75) is 0 Å². The van der Waals surface area contributed by atoms with Crippen molar-refractivity contribution >= 4 is 45.7 Å². The van der Waals surface area contributed by atoms with E-state index in [0.29, 0.717) is 15.5 Å². The van der Waals surface area contributed by atoms with Gasteiger partial charge in [0.1, 0.15) is 10.8 Å². The molecule has 0 atom stereocenters. The fraction of sp³-hybridized carbons (Fsp3) is 0. The number of aromatic nitrogens is 4. The molecule has 4 heterocycles. The first-order valence-electron chi connectivity index (χ1n) is 8.15. The number of para-hydroxylation sites is 1. The number of pyridine rings is 1. The number of benzene rings is 1. The molecule has 3 aromatic heterocycles. The quantitative estimate of drug-likeness (QED) is 0.583. The summed E-state index contributed by atoms with van der Waals surface area (Å²) in [7, 11) is 0. The predicted octanol–water partition coefficient (Wildman–Crippen LogP) is 3.05. The van der Waals surface area contributed by atoms with Crippen LogP contribution in [0.25, 0.3) is 27.2 Å². The molecule has 8 heteroatoms. The van der Waals surface area contributed by atoms with Crippen molar-refractivity contribution in [3.63, 3.8) is 0 Å². The van der Waals surface area contributed by atoms with Gasteiger partial charge in [0.05, 0.1) is 11.3 Å². The van der Waals surface area contributed by atoms with Gasteiger partial charge < -0.3 is 5.73 Å². The summed E-state index contributed by atoms with van der Waals surface area (Å²) in [6.45, 7) is 0. The van der Waals surface area contributed by atoms with Crippen molar-refractivity contribution in [1.29, 1.82) is 0 Å². The highest BCUT2D eigenvalue weighted by Crippen LogP contribution is 2.32. The van der Waals surface area contributed by atoms with Gasteiger partial charge in [-0.2, -0.15) is 14.6 Å². The molecule has 1 aromatic carbocycles. The van der Waals surface area contributed by atoms with E-state index in [9.17, 15) is 4.79 Å². The third kappa shape index (κ3) is 2.54. The minimum atomic E-state index is -0.390. The summed E-state index contributed by atoms with van der Waals surface area (Å²) in [5.74, 6) is 0.252. The van der Waals surface area contributed by atoms with Crippen molar-refractivity contribution in [2.24, 2.45) is 4.99 Å². The Bertz CT molecular complexity index is 1300. The lowest BCUT2D eigenvalue weighted by Gasteiger charge is -2.03. The van der Waals surface area contributed by atoms with Gasteiger partial charge in [-0.25, -0.2) is 0 Å². The second-order valence-corrected chi connectivity index (χ2v) is 6.89. The number of allylic oxidation sites excluding steroid dienone is 1. The number of anilines is 1. The van der Waals surface area contributed by atoms with Crippen LogP contribution >= 0.6 is 11.3 Å². The standard InChI is InChI=1S/C19H12N6OS/c20-16-14(8-12-10-22-15-6-2-1-5-13(12)15)17(26)23-19-25(16)24-18(27-19)11-4-3-7-21-9-11/h1-10H,20H2/b12-8+. The number of fused-ring (bicyclic) bond motifs is 2. The van der Waals surface area contributed by atoms with Crippen LogP contribution in [0.15, 0.2) is 58.6 Å². The molecule has 0 bridgehead atoms. The molecule has 0 fully saturated rings. The number of nitrogens with two attached hydrogens (primary N) is 1. The van der Waals surface area contributed by atoms with E-state index in [1.807, 2.05) is 36.4 Å². The Morgan fingerprint density at radius 3 is 2.89 bits per heavy atom. The summed E-state index contributed by atoms with van der Waals surface area (Å²) in [6.07, 6.45) is 6.84. The van der Waals surface area contributed by atoms with E-state index >= 15 is 0 Å².